The molecular formula is C17H26N4. The van der Waals surface area contributed by atoms with E-state index in [9.17, 15) is 0 Å². The molecule has 0 unspecified atom stereocenters. The van der Waals surface area contributed by atoms with Crippen LogP contribution in [-0.4, -0.2) is 37.5 Å². The van der Waals surface area contributed by atoms with Crippen molar-refractivity contribution >= 4 is 11.6 Å². The van der Waals surface area contributed by atoms with Crippen molar-refractivity contribution in [2.45, 2.75) is 38.6 Å². The number of aliphatic imine (C=N–C) groups is 1. The van der Waals surface area contributed by atoms with Crippen LogP contribution in [0.5, 0.6) is 0 Å². The highest BCUT2D eigenvalue weighted by molar-refractivity contribution is 5.78. The Morgan fingerprint density at radius 1 is 1.14 bits per heavy atom. The Labute approximate surface area is 127 Å². The molecule has 2 aliphatic rings. The van der Waals surface area contributed by atoms with Crippen LogP contribution in [0, 0.1) is 0 Å². The lowest BCUT2D eigenvalue weighted by atomic mass is 10.00. The van der Waals surface area contributed by atoms with Gasteiger partial charge < -0.3 is 15.5 Å². The Morgan fingerprint density at radius 2 is 1.95 bits per heavy atom. The van der Waals surface area contributed by atoms with Crippen molar-refractivity contribution in [3.63, 3.8) is 0 Å². The van der Waals surface area contributed by atoms with Gasteiger partial charge in [0.1, 0.15) is 0 Å². The number of fused-ring (bicyclic) bond motifs is 1. The predicted molar refractivity (Wildman–Crippen MR) is 88.8 cm³/mol. The molecule has 0 atom stereocenters. The molecule has 0 radical (unpaired) electrons. The van der Waals surface area contributed by atoms with E-state index in [4.69, 9.17) is 5.73 Å². The molecule has 0 amide bonds. The van der Waals surface area contributed by atoms with Crippen molar-refractivity contribution in [3.05, 3.63) is 29.3 Å². The number of nitrogens with two attached hydrogens (primary N) is 1. The van der Waals surface area contributed by atoms with Gasteiger partial charge in [0.05, 0.1) is 6.54 Å². The van der Waals surface area contributed by atoms with Gasteiger partial charge in [-0.2, -0.15) is 0 Å². The summed E-state index contributed by atoms with van der Waals surface area (Å²) in [5.74, 6) is 0.713. The third-order valence-electron chi connectivity index (χ3n) is 4.60. The van der Waals surface area contributed by atoms with Crippen LogP contribution in [0.4, 0.5) is 5.69 Å². The highest BCUT2D eigenvalue weighted by Crippen LogP contribution is 2.27. The van der Waals surface area contributed by atoms with Gasteiger partial charge in [-0.25, -0.2) is 4.99 Å². The molecule has 2 aliphatic heterocycles. The number of piperidine rings is 1. The minimum atomic E-state index is 0.694. The number of benzene rings is 1. The Balaban J connectivity index is 1.67. The number of anilines is 1. The quantitative estimate of drug-likeness (QED) is 0.670. The number of likely N-dealkylation sites (tertiary alicyclic amines) is 1. The van der Waals surface area contributed by atoms with Gasteiger partial charge >= 0.3 is 0 Å². The maximum atomic E-state index is 6.12. The van der Waals surface area contributed by atoms with Gasteiger partial charge in [0.2, 0.25) is 0 Å². The first-order valence-electron chi connectivity index (χ1n) is 8.12. The first-order chi connectivity index (χ1) is 10.2. The first kappa shape index (κ1) is 14.2. The van der Waals surface area contributed by atoms with Crippen molar-refractivity contribution in [2.24, 2.45) is 10.7 Å². The molecule has 0 aliphatic carbocycles. The van der Waals surface area contributed by atoms with Gasteiger partial charge in [-0.05, 0) is 49.3 Å². The van der Waals surface area contributed by atoms with E-state index in [0.29, 0.717) is 12.5 Å². The number of rotatable bonds is 2. The summed E-state index contributed by atoms with van der Waals surface area (Å²) in [6.07, 6.45) is 6.22. The molecule has 4 heteroatoms. The molecule has 1 aromatic rings. The molecule has 114 valence electrons. The molecule has 0 spiro atoms. The van der Waals surface area contributed by atoms with Crippen LogP contribution in [0.3, 0.4) is 0 Å². The second-order valence-corrected chi connectivity index (χ2v) is 6.21. The zero-order valence-electron chi connectivity index (χ0n) is 13.0. The molecule has 2 N–H and O–H groups in total. The molecular weight excluding hydrogens is 260 g/mol. The number of aryl methyl sites for hydroxylation is 1. The van der Waals surface area contributed by atoms with Crippen molar-refractivity contribution in [2.75, 3.05) is 31.6 Å². The lowest BCUT2D eigenvalue weighted by Gasteiger charge is -2.28. The van der Waals surface area contributed by atoms with E-state index in [1.54, 1.807) is 0 Å². The molecule has 0 saturated carbocycles. The highest BCUT2D eigenvalue weighted by atomic mass is 15.2. The van der Waals surface area contributed by atoms with E-state index in [1.165, 1.54) is 48.9 Å². The summed E-state index contributed by atoms with van der Waals surface area (Å²) in [5, 5.41) is 0. The van der Waals surface area contributed by atoms with E-state index < -0.39 is 0 Å². The average molecular weight is 286 g/mol. The van der Waals surface area contributed by atoms with E-state index in [-0.39, 0.29) is 0 Å². The van der Waals surface area contributed by atoms with Crippen LogP contribution in [-0.2, 0) is 13.0 Å². The number of nitrogens with zero attached hydrogens (tertiary/aromatic N) is 3. The van der Waals surface area contributed by atoms with Gasteiger partial charge in [0.15, 0.2) is 5.96 Å². The van der Waals surface area contributed by atoms with Crippen molar-refractivity contribution < 1.29 is 0 Å². The van der Waals surface area contributed by atoms with Crippen molar-refractivity contribution in [1.82, 2.24) is 4.90 Å². The predicted octanol–water partition coefficient (Wildman–Crippen LogP) is 2.37. The summed E-state index contributed by atoms with van der Waals surface area (Å²) in [5.41, 5.74) is 10.2. The van der Waals surface area contributed by atoms with Crippen LogP contribution in [0.1, 0.15) is 36.8 Å². The zero-order chi connectivity index (χ0) is 14.7. The van der Waals surface area contributed by atoms with Gasteiger partial charge in [0.25, 0.3) is 0 Å². The Morgan fingerprint density at radius 3 is 2.76 bits per heavy atom. The third-order valence-corrected chi connectivity index (χ3v) is 4.60. The largest absolute Gasteiger partial charge is 0.374 e. The fourth-order valence-electron chi connectivity index (χ4n) is 3.33. The maximum absolute atomic E-state index is 6.12. The highest BCUT2D eigenvalue weighted by Gasteiger charge is 2.14. The van der Waals surface area contributed by atoms with E-state index in [2.05, 4.69) is 40.0 Å². The first-order valence-corrected chi connectivity index (χ1v) is 8.12. The molecule has 0 aromatic heterocycles. The van der Waals surface area contributed by atoms with Crippen LogP contribution >= 0.6 is 0 Å². The van der Waals surface area contributed by atoms with Crippen molar-refractivity contribution in [3.8, 4) is 0 Å². The lowest BCUT2D eigenvalue weighted by molar-refractivity contribution is 0.338. The smallest absolute Gasteiger partial charge is 0.191 e. The number of hydrogen-bond acceptors (Lipinski definition) is 2. The Bertz CT molecular complexity index is 518. The SMILES string of the molecule is CN1CCCc2cc(CN=C(N)N3CCCCC3)ccc21. The van der Waals surface area contributed by atoms with Crippen molar-refractivity contribution in [1.29, 1.82) is 0 Å². The van der Waals surface area contributed by atoms with Crippen LogP contribution in [0.25, 0.3) is 0 Å². The third kappa shape index (κ3) is 3.31. The number of hydrogen-bond donors (Lipinski definition) is 1. The minimum absolute atomic E-state index is 0.694. The molecule has 1 saturated heterocycles. The van der Waals surface area contributed by atoms with E-state index in [0.717, 1.165) is 19.6 Å². The fourth-order valence-corrected chi connectivity index (χ4v) is 3.33. The molecule has 4 nitrogen and oxygen atoms in total. The Kier molecular flexibility index (Phi) is 4.32. The van der Waals surface area contributed by atoms with E-state index >= 15 is 0 Å². The number of guanidine groups is 1. The topological polar surface area (TPSA) is 44.9 Å². The van der Waals surface area contributed by atoms with Gasteiger partial charge in [0, 0.05) is 32.4 Å². The fraction of sp³-hybridized carbons (Fsp3) is 0.588. The molecule has 0 bridgehead atoms. The second kappa shape index (κ2) is 6.37. The monoisotopic (exact) mass is 286 g/mol. The lowest BCUT2D eigenvalue weighted by Crippen LogP contribution is -2.40. The standard InChI is InChI=1S/C17H26N4/c1-20-9-5-6-15-12-14(7-8-16(15)20)13-19-17(18)21-10-3-2-4-11-21/h7-8,12H,2-6,9-11,13H2,1H3,(H2,18,19). The summed E-state index contributed by atoms with van der Waals surface area (Å²) < 4.78 is 0. The van der Waals surface area contributed by atoms with Gasteiger partial charge in [-0.15, -0.1) is 0 Å². The Hall–Kier alpha value is -1.71. The van der Waals surface area contributed by atoms with Gasteiger partial charge in [-0.1, -0.05) is 12.1 Å². The average Bonchev–Trinajstić information content (AvgIpc) is 2.53. The summed E-state index contributed by atoms with van der Waals surface area (Å²) in [7, 11) is 2.17. The van der Waals surface area contributed by atoms with Crippen LogP contribution in [0.15, 0.2) is 23.2 Å². The molecule has 21 heavy (non-hydrogen) atoms. The molecule has 3 rings (SSSR count). The normalized spacial score (nSPS) is 19.6. The molecule has 2 heterocycles. The summed E-state index contributed by atoms with van der Waals surface area (Å²) in [4.78, 5) is 9.15. The van der Waals surface area contributed by atoms with Crippen LogP contribution in [0.2, 0.25) is 0 Å². The summed E-state index contributed by atoms with van der Waals surface area (Å²) in [6, 6.07) is 6.72. The maximum Gasteiger partial charge on any atom is 0.191 e. The summed E-state index contributed by atoms with van der Waals surface area (Å²) >= 11 is 0. The molecule has 1 aromatic carbocycles. The van der Waals surface area contributed by atoms with Crippen LogP contribution < -0.4 is 10.6 Å². The second-order valence-electron chi connectivity index (χ2n) is 6.21. The molecule has 1 fully saturated rings. The van der Waals surface area contributed by atoms with E-state index in [1.807, 2.05) is 0 Å². The van der Waals surface area contributed by atoms with Gasteiger partial charge in [-0.3, -0.25) is 0 Å². The zero-order valence-corrected chi connectivity index (χ0v) is 13.0. The summed E-state index contributed by atoms with van der Waals surface area (Å²) in [6.45, 7) is 3.97. The minimum Gasteiger partial charge on any atom is -0.374 e.